The number of anilines is 1. The lowest BCUT2D eigenvalue weighted by Crippen LogP contribution is -2.30. The van der Waals surface area contributed by atoms with Crippen LogP contribution in [0.2, 0.25) is 0 Å². The summed E-state index contributed by atoms with van der Waals surface area (Å²) in [5.41, 5.74) is 6.25. The Morgan fingerprint density at radius 3 is 2.73 bits per heavy atom. The zero-order chi connectivity index (χ0) is 20.3. The lowest BCUT2D eigenvalue weighted by molar-refractivity contribution is 0.102. The fourth-order valence-electron chi connectivity index (χ4n) is 4.08. The van der Waals surface area contributed by atoms with Gasteiger partial charge in [0.25, 0.3) is 5.91 Å². The van der Waals surface area contributed by atoms with Crippen LogP contribution in [0, 0.1) is 0 Å². The summed E-state index contributed by atoms with van der Waals surface area (Å²) in [5, 5.41) is 4.07. The second kappa shape index (κ2) is 8.09. The Hall–Kier alpha value is -3.50. The van der Waals surface area contributed by atoms with Gasteiger partial charge in [0.15, 0.2) is 0 Å². The van der Waals surface area contributed by atoms with E-state index in [0.717, 1.165) is 42.6 Å². The Labute approximate surface area is 176 Å². The highest BCUT2D eigenvalue weighted by Gasteiger charge is 2.18. The number of carbonyl (C=O) groups excluding carboxylic acids is 1. The summed E-state index contributed by atoms with van der Waals surface area (Å²) < 4.78 is 0. The summed E-state index contributed by atoms with van der Waals surface area (Å²) in [6.07, 6.45) is 2.72. The summed E-state index contributed by atoms with van der Waals surface area (Å²) >= 11 is 0. The topological polar surface area (TPSA) is 45.2 Å². The van der Waals surface area contributed by atoms with E-state index in [4.69, 9.17) is 0 Å². The van der Waals surface area contributed by atoms with Crippen LogP contribution in [0.5, 0.6) is 0 Å². The quantitative estimate of drug-likeness (QED) is 0.528. The van der Waals surface area contributed by atoms with Crippen molar-refractivity contribution in [1.29, 1.82) is 0 Å². The molecule has 148 valence electrons. The molecule has 0 saturated carbocycles. The van der Waals surface area contributed by atoms with Crippen molar-refractivity contribution in [2.45, 2.75) is 19.5 Å². The van der Waals surface area contributed by atoms with Crippen molar-refractivity contribution in [3.63, 3.8) is 0 Å². The first-order valence-electron chi connectivity index (χ1n) is 10.3. The molecule has 3 aromatic carbocycles. The molecule has 0 unspecified atom stereocenters. The zero-order valence-electron chi connectivity index (χ0n) is 16.7. The van der Waals surface area contributed by atoms with Crippen molar-refractivity contribution in [2.24, 2.45) is 0 Å². The summed E-state index contributed by atoms with van der Waals surface area (Å²) in [5.74, 6) is -0.0835. The average molecular weight is 393 g/mol. The number of pyridine rings is 1. The number of benzene rings is 3. The molecule has 5 rings (SSSR count). The number of rotatable bonds is 4. The first kappa shape index (κ1) is 18.5. The van der Waals surface area contributed by atoms with Gasteiger partial charge in [-0.15, -0.1) is 0 Å². The Kier molecular flexibility index (Phi) is 4.99. The molecular weight excluding hydrogens is 370 g/mol. The summed E-state index contributed by atoms with van der Waals surface area (Å²) in [7, 11) is 0. The molecule has 0 fully saturated rings. The van der Waals surface area contributed by atoms with Crippen LogP contribution in [0.25, 0.3) is 10.9 Å². The molecule has 0 aliphatic carbocycles. The van der Waals surface area contributed by atoms with Crippen LogP contribution in [0.1, 0.15) is 27.0 Å². The van der Waals surface area contributed by atoms with E-state index in [2.05, 4.69) is 51.6 Å². The van der Waals surface area contributed by atoms with Gasteiger partial charge in [0.05, 0.1) is 5.52 Å². The van der Waals surface area contributed by atoms with Crippen molar-refractivity contribution in [2.75, 3.05) is 11.9 Å². The van der Waals surface area contributed by atoms with Crippen LogP contribution in [-0.4, -0.2) is 22.3 Å². The molecule has 1 aliphatic rings. The Morgan fingerprint density at radius 1 is 0.933 bits per heavy atom. The fourth-order valence-corrected chi connectivity index (χ4v) is 4.08. The van der Waals surface area contributed by atoms with Crippen molar-refractivity contribution >= 4 is 22.5 Å². The van der Waals surface area contributed by atoms with Crippen molar-refractivity contribution in [3.05, 3.63) is 107 Å². The van der Waals surface area contributed by atoms with Crippen LogP contribution in [0.4, 0.5) is 5.69 Å². The average Bonchev–Trinajstić information content (AvgIpc) is 2.79. The summed E-state index contributed by atoms with van der Waals surface area (Å²) in [4.78, 5) is 19.6. The predicted octanol–water partition coefficient (Wildman–Crippen LogP) is 5.05. The summed E-state index contributed by atoms with van der Waals surface area (Å²) in [6, 6.07) is 26.4. The highest BCUT2D eigenvalue weighted by atomic mass is 16.1. The van der Waals surface area contributed by atoms with E-state index in [-0.39, 0.29) is 5.91 Å². The van der Waals surface area contributed by atoms with Crippen LogP contribution in [0.3, 0.4) is 0 Å². The van der Waals surface area contributed by atoms with Crippen molar-refractivity contribution in [1.82, 2.24) is 9.88 Å². The molecule has 30 heavy (non-hydrogen) atoms. The lowest BCUT2D eigenvalue weighted by Gasteiger charge is -2.29. The second-order valence-electron chi connectivity index (χ2n) is 7.79. The molecule has 0 bridgehead atoms. The van der Waals surface area contributed by atoms with Gasteiger partial charge in [-0.2, -0.15) is 0 Å². The molecule has 0 atom stereocenters. The third kappa shape index (κ3) is 3.95. The lowest BCUT2D eigenvalue weighted by atomic mass is 9.96. The SMILES string of the molecule is O=C(Nc1ccc2cccnc2c1)c1ccc2c(c1)CCN(Cc1ccccc1)C2. The minimum absolute atomic E-state index is 0.0835. The molecule has 0 spiro atoms. The van der Waals surface area contributed by atoms with E-state index in [1.165, 1.54) is 16.7 Å². The minimum atomic E-state index is -0.0835. The molecule has 4 nitrogen and oxygen atoms in total. The molecule has 1 amide bonds. The molecule has 1 aromatic heterocycles. The first-order valence-corrected chi connectivity index (χ1v) is 10.3. The van der Waals surface area contributed by atoms with Gasteiger partial charge in [0.1, 0.15) is 0 Å². The predicted molar refractivity (Wildman–Crippen MR) is 120 cm³/mol. The van der Waals surface area contributed by atoms with E-state index in [0.29, 0.717) is 5.56 Å². The molecular formula is C26H23N3O. The van der Waals surface area contributed by atoms with Gasteiger partial charge in [-0.25, -0.2) is 0 Å². The largest absolute Gasteiger partial charge is 0.322 e. The minimum Gasteiger partial charge on any atom is -0.322 e. The standard InChI is InChI=1S/C26H23N3O/c30-26(28-24-11-10-20-7-4-13-27-25(20)16-24)22-8-9-23-18-29(14-12-21(23)15-22)17-19-5-2-1-3-6-19/h1-11,13,15-16H,12,14,17-18H2,(H,28,30). The van der Waals surface area contributed by atoms with Gasteiger partial charge in [-0.3, -0.25) is 14.7 Å². The highest BCUT2D eigenvalue weighted by Crippen LogP contribution is 2.23. The maximum Gasteiger partial charge on any atom is 0.255 e. The number of hydrogen-bond acceptors (Lipinski definition) is 3. The number of carbonyl (C=O) groups is 1. The van der Waals surface area contributed by atoms with Gasteiger partial charge in [0.2, 0.25) is 0 Å². The van der Waals surface area contributed by atoms with Crippen LogP contribution < -0.4 is 5.32 Å². The number of nitrogens with zero attached hydrogens (tertiary/aromatic N) is 2. The van der Waals surface area contributed by atoms with E-state index < -0.39 is 0 Å². The number of aromatic nitrogens is 1. The number of fused-ring (bicyclic) bond motifs is 2. The maximum atomic E-state index is 12.8. The smallest absolute Gasteiger partial charge is 0.255 e. The highest BCUT2D eigenvalue weighted by molar-refractivity contribution is 6.05. The summed E-state index contributed by atoms with van der Waals surface area (Å²) in [6.45, 7) is 2.88. The van der Waals surface area contributed by atoms with Crippen LogP contribution >= 0.6 is 0 Å². The molecule has 2 heterocycles. The van der Waals surface area contributed by atoms with Gasteiger partial charge < -0.3 is 5.32 Å². The monoisotopic (exact) mass is 393 g/mol. The van der Waals surface area contributed by atoms with Gasteiger partial charge >= 0.3 is 0 Å². The van der Waals surface area contributed by atoms with E-state index in [1.807, 2.05) is 42.5 Å². The van der Waals surface area contributed by atoms with E-state index in [9.17, 15) is 4.79 Å². The van der Waals surface area contributed by atoms with E-state index >= 15 is 0 Å². The fraction of sp³-hybridized carbons (Fsp3) is 0.154. The Bertz CT molecular complexity index is 1200. The third-order valence-corrected chi connectivity index (χ3v) is 5.67. The first-order chi connectivity index (χ1) is 14.7. The van der Waals surface area contributed by atoms with Crippen molar-refractivity contribution < 1.29 is 4.79 Å². The second-order valence-corrected chi connectivity index (χ2v) is 7.79. The number of nitrogens with one attached hydrogen (secondary N) is 1. The van der Waals surface area contributed by atoms with Gasteiger partial charge in [-0.05, 0) is 53.4 Å². The molecule has 1 aliphatic heterocycles. The zero-order valence-corrected chi connectivity index (χ0v) is 16.7. The van der Waals surface area contributed by atoms with Gasteiger partial charge in [-0.1, -0.05) is 48.5 Å². The molecule has 4 aromatic rings. The van der Waals surface area contributed by atoms with Gasteiger partial charge in [0, 0.05) is 42.5 Å². The molecule has 0 radical (unpaired) electrons. The van der Waals surface area contributed by atoms with Crippen LogP contribution in [-0.2, 0) is 19.5 Å². The number of hydrogen-bond donors (Lipinski definition) is 1. The van der Waals surface area contributed by atoms with Crippen LogP contribution in [0.15, 0.2) is 85.1 Å². The maximum absolute atomic E-state index is 12.8. The molecule has 0 saturated heterocycles. The third-order valence-electron chi connectivity index (χ3n) is 5.67. The molecule has 1 N–H and O–H groups in total. The Balaban J connectivity index is 1.29. The number of amides is 1. The molecule has 4 heteroatoms. The normalized spacial score (nSPS) is 13.7. The van der Waals surface area contributed by atoms with Crippen molar-refractivity contribution in [3.8, 4) is 0 Å². The van der Waals surface area contributed by atoms with E-state index in [1.54, 1.807) is 6.20 Å². The Morgan fingerprint density at radius 2 is 1.83 bits per heavy atom.